The molecule has 0 fully saturated rings. The zero-order chi connectivity index (χ0) is 36.9. The fourth-order valence-electron chi connectivity index (χ4n) is 7.45. The molecule has 8 aromatic rings. The number of hydrazine groups is 2. The normalized spacial score (nSPS) is 13.1. The Labute approximate surface area is 323 Å². The summed E-state index contributed by atoms with van der Waals surface area (Å²) in [5, 5.41) is 30.4. The molecule has 0 atom stereocenters. The standard InChI is InChI=1S/C46H38N7P2/c1-6-20-37(21-7-1)51-34-35-52(43-31-17-18-32-44(43)54(38-22-8-2-9-23-38)39-24-10-3-11-25-39)53(51)36-55(40-26-12-4-13-27-40,41-28-14-5-15-29-41)45-33-19-16-30-42(45)46-47-49-50-48-46/h1-35H,36H2,(H,47,48,49,50)/q+1. The van der Waals surface area contributed by atoms with E-state index in [1.54, 1.807) is 0 Å². The van der Waals surface area contributed by atoms with Gasteiger partial charge in [-0.1, -0.05) is 151 Å². The van der Waals surface area contributed by atoms with Crippen LogP contribution in [0.2, 0.25) is 0 Å². The van der Waals surface area contributed by atoms with Crippen molar-refractivity contribution in [1.82, 2.24) is 25.7 Å². The summed E-state index contributed by atoms with van der Waals surface area (Å²) in [5.41, 5.74) is 3.15. The fraction of sp³-hybridized carbons (Fsp3) is 0.0217. The van der Waals surface area contributed by atoms with Crippen LogP contribution in [0.3, 0.4) is 0 Å². The number of aromatic amines is 1. The molecule has 1 aliphatic heterocycles. The maximum Gasteiger partial charge on any atom is 0.208 e. The van der Waals surface area contributed by atoms with E-state index in [1.165, 1.54) is 31.8 Å². The van der Waals surface area contributed by atoms with E-state index in [4.69, 9.17) is 0 Å². The van der Waals surface area contributed by atoms with Gasteiger partial charge in [-0.2, -0.15) is 5.21 Å². The van der Waals surface area contributed by atoms with E-state index in [2.05, 4.69) is 248 Å². The molecule has 9 heteroatoms. The summed E-state index contributed by atoms with van der Waals surface area (Å²) in [5.74, 6) is 0.574. The minimum Gasteiger partial charge on any atom is -0.259 e. The average Bonchev–Trinajstić information content (AvgIpc) is 3.96. The van der Waals surface area contributed by atoms with Gasteiger partial charge in [0.25, 0.3) is 0 Å². The first-order chi connectivity index (χ1) is 27.3. The lowest BCUT2D eigenvalue weighted by atomic mass is 10.2. The highest BCUT2D eigenvalue weighted by molar-refractivity contribution is 7.95. The predicted molar refractivity (Wildman–Crippen MR) is 231 cm³/mol. The minimum atomic E-state index is -2.57. The Balaban J connectivity index is 1.29. The number of anilines is 2. The van der Waals surface area contributed by atoms with Crippen LogP contribution in [0.5, 0.6) is 0 Å². The van der Waals surface area contributed by atoms with Crippen LogP contribution in [-0.4, -0.2) is 32.0 Å². The van der Waals surface area contributed by atoms with Crippen molar-refractivity contribution in [2.75, 3.05) is 16.3 Å². The topological polar surface area (TPSA) is 64.2 Å². The van der Waals surface area contributed by atoms with Crippen LogP contribution < -0.4 is 41.8 Å². The number of aromatic nitrogens is 4. The molecule has 266 valence electrons. The summed E-state index contributed by atoms with van der Waals surface area (Å²) in [6.07, 6.45) is 5.03. The third kappa shape index (κ3) is 6.64. The second kappa shape index (κ2) is 15.6. The molecule has 55 heavy (non-hydrogen) atoms. The number of nitrogens with zero attached hydrogens (tertiary/aromatic N) is 6. The van der Waals surface area contributed by atoms with Crippen molar-refractivity contribution in [3.8, 4) is 11.4 Å². The first-order valence-corrected chi connectivity index (χ1v) is 21.5. The molecular weight excluding hydrogens is 713 g/mol. The van der Waals surface area contributed by atoms with Crippen molar-refractivity contribution in [2.45, 2.75) is 0 Å². The second-order valence-corrected chi connectivity index (χ2v) is 18.7. The lowest BCUT2D eigenvalue weighted by Gasteiger charge is -2.40. The van der Waals surface area contributed by atoms with E-state index in [9.17, 15) is 0 Å². The first kappa shape index (κ1) is 34.5. The van der Waals surface area contributed by atoms with Gasteiger partial charge in [0.2, 0.25) is 5.82 Å². The van der Waals surface area contributed by atoms with Crippen molar-refractivity contribution >= 4 is 58.4 Å². The van der Waals surface area contributed by atoms with E-state index < -0.39 is 15.2 Å². The maximum absolute atomic E-state index is 4.52. The van der Waals surface area contributed by atoms with Crippen molar-refractivity contribution < 1.29 is 0 Å². The lowest BCUT2D eigenvalue weighted by Crippen LogP contribution is -2.51. The monoisotopic (exact) mass is 750 g/mol. The molecule has 0 saturated heterocycles. The van der Waals surface area contributed by atoms with Gasteiger partial charge < -0.3 is 0 Å². The number of tetrazole rings is 1. The third-order valence-corrected chi connectivity index (χ3v) is 16.6. The van der Waals surface area contributed by atoms with Crippen molar-refractivity contribution in [1.29, 1.82) is 0 Å². The Bertz CT molecular complexity index is 2410. The van der Waals surface area contributed by atoms with Gasteiger partial charge in [-0.25, -0.2) is 0 Å². The van der Waals surface area contributed by atoms with Gasteiger partial charge in [0, 0.05) is 17.7 Å². The van der Waals surface area contributed by atoms with E-state index in [1.807, 2.05) is 0 Å². The van der Waals surface area contributed by atoms with Crippen LogP contribution in [0.15, 0.2) is 213 Å². The van der Waals surface area contributed by atoms with E-state index in [-0.39, 0.29) is 0 Å². The largest absolute Gasteiger partial charge is 0.259 e. The van der Waals surface area contributed by atoms with Crippen LogP contribution in [0.25, 0.3) is 11.4 Å². The Morgan fingerprint density at radius 3 is 1.62 bits per heavy atom. The highest BCUT2D eigenvalue weighted by Gasteiger charge is 2.51. The van der Waals surface area contributed by atoms with Gasteiger partial charge in [0.15, 0.2) is 6.29 Å². The van der Waals surface area contributed by atoms with Gasteiger partial charge in [0.05, 0.1) is 16.9 Å². The minimum absolute atomic E-state index is 0.574. The average molecular weight is 751 g/mol. The summed E-state index contributed by atoms with van der Waals surface area (Å²) >= 11 is 0. The molecule has 1 aliphatic rings. The van der Waals surface area contributed by atoms with Gasteiger partial charge in [-0.3, -0.25) is 10.0 Å². The highest BCUT2D eigenvalue weighted by atomic mass is 31.2. The molecule has 9 rings (SSSR count). The molecule has 0 amide bonds. The second-order valence-electron chi connectivity index (χ2n) is 13.1. The van der Waals surface area contributed by atoms with Gasteiger partial charge in [-0.15, -0.1) is 10.2 Å². The van der Waals surface area contributed by atoms with Crippen molar-refractivity contribution in [3.63, 3.8) is 0 Å². The van der Waals surface area contributed by atoms with E-state index in [0.717, 1.165) is 16.9 Å². The van der Waals surface area contributed by atoms with Crippen LogP contribution >= 0.6 is 15.2 Å². The molecule has 0 radical (unpaired) electrons. The van der Waals surface area contributed by atoms with Crippen LogP contribution in [0.1, 0.15) is 0 Å². The van der Waals surface area contributed by atoms with Crippen LogP contribution in [0.4, 0.5) is 11.4 Å². The summed E-state index contributed by atoms with van der Waals surface area (Å²) in [4.78, 5) is 0. The number of hydrogen-bond acceptors (Lipinski definition) is 6. The number of hydrogen-bond donors (Lipinski definition) is 1. The van der Waals surface area contributed by atoms with Crippen molar-refractivity contribution in [2.24, 2.45) is 0 Å². The third-order valence-electron chi connectivity index (χ3n) is 9.90. The van der Waals surface area contributed by atoms with Gasteiger partial charge >= 0.3 is 0 Å². The number of benzene rings is 7. The number of nitrogens with one attached hydrogen (secondary N) is 1. The molecule has 0 bridgehead atoms. The lowest BCUT2D eigenvalue weighted by molar-refractivity contribution is 0.345. The Morgan fingerprint density at radius 1 is 0.509 bits per heavy atom. The number of H-pyrrole nitrogens is 1. The molecule has 2 heterocycles. The predicted octanol–water partition coefficient (Wildman–Crippen LogP) is 7.51. The molecule has 1 aromatic heterocycles. The first-order valence-electron chi connectivity index (χ1n) is 18.2. The van der Waals surface area contributed by atoms with E-state index in [0.29, 0.717) is 12.1 Å². The quantitative estimate of drug-likeness (QED) is 0.138. The molecule has 0 aliphatic carbocycles. The molecule has 0 spiro atoms. The fourth-order valence-corrected chi connectivity index (χ4v) is 14.2. The smallest absolute Gasteiger partial charge is 0.208 e. The number of para-hydroxylation sites is 2. The Hall–Kier alpha value is -6.23. The molecule has 0 unspecified atom stereocenters. The Kier molecular flexibility index (Phi) is 9.81. The molecule has 7 nitrogen and oxygen atoms in total. The van der Waals surface area contributed by atoms with E-state index >= 15 is 0 Å². The van der Waals surface area contributed by atoms with Gasteiger partial charge in [0.1, 0.15) is 23.2 Å². The zero-order valence-electron chi connectivity index (χ0n) is 30.0. The summed E-state index contributed by atoms with van der Waals surface area (Å²) in [7, 11) is -3.47. The van der Waals surface area contributed by atoms with Crippen LogP contribution in [0, 0.1) is 0 Å². The summed E-state index contributed by atoms with van der Waals surface area (Å²) in [6.45, 7) is 0. The highest BCUT2D eigenvalue weighted by Crippen LogP contribution is 2.58. The van der Waals surface area contributed by atoms with Gasteiger partial charge in [-0.05, 0) is 78.3 Å². The molecule has 0 saturated carbocycles. The zero-order valence-corrected chi connectivity index (χ0v) is 31.8. The number of rotatable bonds is 11. The summed E-state index contributed by atoms with van der Waals surface area (Å²) in [6, 6.07) is 71.9. The molecular formula is C46H38N7P2+. The molecule has 1 N–H and O–H groups in total. The Morgan fingerprint density at radius 2 is 1.02 bits per heavy atom. The van der Waals surface area contributed by atoms with Crippen molar-refractivity contribution in [3.05, 3.63) is 213 Å². The SMILES string of the molecule is C1=CN(c2ccccc2P(c2ccccc2)c2ccccc2)N(C[P+](c2ccccc2)(c2ccccc2)c2ccccc2-c2nn[nH]n2)N1c1ccccc1. The molecule has 7 aromatic carbocycles. The summed E-state index contributed by atoms with van der Waals surface area (Å²) < 4.78 is 0. The maximum atomic E-state index is 4.52. The van der Waals surface area contributed by atoms with Crippen LogP contribution in [-0.2, 0) is 0 Å².